The van der Waals surface area contributed by atoms with Crippen LogP contribution in [0.5, 0.6) is 0 Å². The summed E-state index contributed by atoms with van der Waals surface area (Å²) in [4.78, 5) is 15.2. The molecule has 0 bridgehead atoms. The molecule has 2 N–H and O–H groups in total. The SMILES string of the molecule is CC(C)S(=O)(=O)NC1CCC(C(=O)Nc2ccc(N3CCC(O[Si](C)(C)C(C)(C)C)C3)cc2)CC1. The highest BCUT2D eigenvalue weighted by Crippen LogP contribution is 2.38. The molecule has 2 aliphatic rings. The predicted octanol–water partition coefficient (Wildman–Crippen LogP) is 5.11. The van der Waals surface area contributed by atoms with Crippen molar-refractivity contribution >= 4 is 35.6 Å². The lowest BCUT2D eigenvalue weighted by molar-refractivity contribution is -0.120. The lowest BCUT2D eigenvalue weighted by atomic mass is 9.86. The van der Waals surface area contributed by atoms with E-state index in [0.29, 0.717) is 25.7 Å². The van der Waals surface area contributed by atoms with Crippen LogP contribution in [0.3, 0.4) is 0 Å². The summed E-state index contributed by atoms with van der Waals surface area (Å²) < 4.78 is 33.6. The third-order valence-corrected chi connectivity index (χ3v) is 14.4. The summed E-state index contributed by atoms with van der Waals surface area (Å²) in [6, 6.07) is 8.01. The smallest absolute Gasteiger partial charge is 0.227 e. The van der Waals surface area contributed by atoms with Crippen molar-refractivity contribution in [2.45, 2.75) is 102 Å². The number of benzene rings is 1. The Morgan fingerprint density at radius 2 is 1.66 bits per heavy atom. The van der Waals surface area contributed by atoms with E-state index in [1.807, 2.05) is 12.1 Å². The van der Waals surface area contributed by atoms with Gasteiger partial charge in [0.1, 0.15) is 0 Å². The average molecular weight is 524 g/mol. The van der Waals surface area contributed by atoms with Crippen LogP contribution in [0.4, 0.5) is 11.4 Å². The molecule has 0 spiro atoms. The minimum absolute atomic E-state index is 0.0203. The molecule has 1 saturated carbocycles. The van der Waals surface area contributed by atoms with Crippen molar-refractivity contribution in [1.82, 2.24) is 4.72 Å². The van der Waals surface area contributed by atoms with Crippen molar-refractivity contribution in [3.63, 3.8) is 0 Å². The molecule has 1 aromatic carbocycles. The van der Waals surface area contributed by atoms with Gasteiger partial charge in [0, 0.05) is 36.4 Å². The van der Waals surface area contributed by atoms with E-state index in [1.165, 1.54) is 0 Å². The number of rotatable bonds is 8. The maximum atomic E-state index is 12.8. The van der Waals surface area contributed by atoms with Crippen LogP contribution in [0.25, 0.3) is 0 Å². The number of sulfonamides is 1. The molecule has 0 radical (unpaired) electrons. The largest absolute Gasteiger partial charge is 0.412 e. The first-order valence-electron chi connectivity index (χ1n) is 13.0. The molecule has 7 nitrogen and oxygen atoms in total. The minimum atomic E-state index is -3.28. The number of hydrogen-bond donors (Lipinski definition) is 2. The van der Waals surface area contributed by atoms with Gasteiger partial charge in [-0.25, -0.2) is 13.1 Å². The summed E-state index contributed by atoms with van der Waals surface area (Å²) in [6.45, 7) is 16.7. The summed E-state index contributed by atoms with van der Waals surface area (Å²) in [5.41, 5.74) is 1.96. The number of hydrogen-bond acceptors (Lipinski definition) is 5. The van der Waals surface area contributed by atoms with Gasteiger partial charge in [-0.3, -0.25) is 4.79 Å². The van der Waals surface area contributed by atoms with Gasteiger partial charge in [0.05, 0.1) is 11.4 Å². The second-order valence-corrected chi connectivity index (χ2v) is 19.1. The first-order valence-corrected chi connectivity index (χ1v) is 17.5. The van der Waals surface area contributed by atoms with E-state index in [1.54, 1.807) is 13.8 Å². The maximum absolute atomic E-state index is 12.8. The third-order valence-electron chi connectivity index (χ3n) is 7.96. The van der Waals surface area contributed by atoms with E-state index in [4.69, 9.17) is 4.43 Å². The Bertz CT molecular complexity index is 965. The number of nitrogens with zero attached hydrogens (tertiary/aromatic N) is 1. The van der Waals surface area contributed by atoms with Crippen LogP contribution < -0.4 is 14.9 Å². The topological polar surface area (TPSA) is 87.7 Å². The Kier molecular flexibility index (Phi) is 8.77. The van der Waals surface area contributed by atoms with Crippen LogP contribution in [0, 0.1) is 5.92 Å². The highest BCUT2D eigenvalue weighted by molar-refractivity contribution is 7.90. The zero-order valence-corrected chi connectivity index (χ0v) is 24.4. The van der Waals surface area contributed by atoms with E-state index < -0.39 is 23.6 Å². The molecule has 35 heavy (non-hydrogen) atoms. The van der Waals surface area contributed by atoms with Gasteiger partial charge in [-0.1, -0.05) is 20.8 Å². The van der Waals surface area contributed by atoms with Gasteiger partial charge in [0.2, 0.25) is 15.9 Å². The van der Waals surface area contributed by atoms with Crippen LogP contribution in [0.15, 0.2) is 24.3 Å². The van der Waals surface area contributed by atoms with Crippen molar-refractivity contribution in [3.8, 4) is 0 Å². The Labute approximate surface area is 213 Å². The van der Waals surface area contributed by atoms with Gasteiger partial charge >= 0.3 is 0 Å². The Morgan fingerprint density at radius 1 is 1.06 bits per heavy atom. The molecule has 1 amide bonds. The molecular weight excluding hydrogens is 478 g/mol. The molecular formula is C26H45N3O4SSi. The molecule has 3 rings (SSSR count). The van der Waals surface area contributed by atoms with Crippen LogP contribution in [0.1, 0.15) is 66.7 Å². The quantitative estimate of drug-likeness (QED) is 0.462. The standard InChI is InChI=1S/C26H45N3O4SSi/c1-19(2)34(31,32)28-22-10-8-20(9-11-22)25(30)27-21-12-14-23(15-13-21)29-17-16-24(18-29)33-35(6,7)26(3,4)5/h12-15,19-20,22,24,28H,8-11,16-18H2,1-7H3,(H,27,30). The molecule has 1 aliphatic heterocycles. The first-order chi connectivity index (χ1) is 16.2. The molecule has 198 valence electrons. The van der Waals surface area contributed by atoms with Crippen molar-refractivity contribution in [3.05, 3.63) is 24.3 Å². The van der Waals surface area contributed by atoms with E-state index in [2.05, 4.69) is 60.9 Å². The van der Waals surface area contributed by atoms with Crippen molar-refractivity contribution in [2.75, 3.05) is 23.3 Å². The maximum Gasteiger partial charge on any atom is 0.227 e. The first kappa shape index (κ1) is 28.2. The van der Waals surface area contributed by atoms with Crippen LogP contribution in [-0.2, 0) is 19.2 Å². The van der Waals surface area contributed by atoms with Crippen LogP contribution in [-0.4, -0.2) is 53.1 Å². The predicted molar refractivity (Wildman–Crippen MR) is 147 cm³/mol. The summed E-state index contributed by atoms with van der Waals surface area (Å²) in [6.07, 6.45) is 4.08. The zero-order valence-electron chi connectivity index (χ0n) is 22.6. The molecule has 9 heteroatoms. The molecule has 1 saturated heterocycles. The molecule has 1 aromatic rings. The van der Waals surface area contributed by atoms with E-state index in [-0.39, 0.29) is 29.0 Å². The molecule has 1 unspecified atom stereocenters. The highest BCUT2D eigenvalue weighted by atomic mass is 32.2. The third kappa shape index (κ3) is 7.30. The minimum Gasteiger partial charge on any atom is -0.412 e. The van der Waals surface area contributed by atoms with Gasteiger partial charge in [0.15, 0.2) is 8.32 Å². The fraction of sp³-hybridized carbons (Fsp3) is 0.731. The van der Waals surface area contributed by atoms with Gasteiger partial charge in [-0.15, -0.1) is 0 Å². The zero-order chi connectivity index (χ0) is 26.0. The van der Waals surface area contributed by atoms with E-state index in [0.717, 1.165) is 30.9 Å². The normalized spacial score (nSPS) is 24.1. The molecule has 1 aliphatic carbocycles. The highest BCUT2D eigenvalue weighted by Gasteiger charge is 2.40. The number of carbonyl (C=O) groups is 1. The lowest BCUT2D eigenvalue weighted by Crippen LogP contribution is -2.44. The lowest BCUT2D eigenvalue weighted by Gasteiger charge is -2.38. The van der Waals surface area contributed by atoms with Crippen LogP contribution >= 0.6 is 0 Å². The average Bonchev–Trinajstić information content (AvgIpc) is 3.21. The molecule has 0 aromatic heterocycles. The van der Waals surface area contributed by atoms with Gasteiger partial charge in [0.25, 0.3) is 0 Å². The summed E-state index contributed by atoms with van der Waals surface area (Å²) in [5.74, 6) is -0.0618. The molecule has 1 heterocycles. The van der Waals surface area contributed by atoms with Crippen molar-refractivity contribution in [2.24, 2.45) is 5.92 Å². The van der Waals surface area contributed by atoms with E-state index >= 15 is 0 Å². The summed E-state index contributed by atoms with van der Waals surface area (Å²) >= 11 is 0. The summed E-state index contributed by atoms with van der Waals surface area (Å²) in [5, 5.41) is 2.82. The summed E-state index contributed by atoms with van der Waals surface area (Å²) in [7, 11) is -5.05. The van der Waals surface area contributed by atoms with Crippen molar-refractivity contribution < 1.29 is 17.6 Å². The number of amides is 1. The number of nitrogens with one attached hydrogen (secondary N) is 2. The Hall–Kier alpha value is -1.42. The number of carbonyl (C=O) groups excluding carboxylic acids is 1. The second kappa shape index (κ2) is 10.9. The van der Waals surface area contributed by atoms with Gasteiger partial charge < -0.3 is 14.6 Å². The van der Waals surface area contributed by atoms with E-state index in [9.17, 15) is 13.2 Å². The van der Waals surface area contributed by atoms with Gasteiger partial charge in [-0.05, 0) is 88.3 Å². The molecule has 2 fully saturated rings. The number of anilines is 2. The second-order valence-electron chi connectivity index (χ2n) is 12.0. The Morgan fingerprint density at radius 3 is 2.20 bits per heavy atom. The fourth-order valence-corrected chi connectivity index (χ4v) is 6.85. The fourth-order valence-electron chi connectivity index (χ4n) is 4.49. The van der Waals surface area contributed by atoms with Gasteiger partial charge in [-0.2, -0.15) is 0 Å². The monoisotopic (exact) mass is 523 g/mol. The van der Waals surface area contributed by atoms with Crippen molar-refractivity contribution in [1.29, 1.82) is 0 Å². The molecule has 1 atom stereocenters. The Balaban J connectivity index is 1.47. The van der Waals surface area contributed by atoms with Crippen LogP contribution in [0.2, 0.25) is 18.1 Å².